The first kappa shape index (κ1) is 10.5. The van der Waals surface area contributed by atoms with E-state index in [-0.39, 0.29) is 0 Å². The Labute approximate surface area is 99.4 Å². The number of aromatic nitrogens is 5. The highest BCUT2D eigenvalue weighted by molar-refractivity contribution is 5.57. The number of hydrogen-bond acceptors (Lipinski definition) is 4. The van der Waals surface area contributed by atoms with Gasteiger partial charge in [-0.05, 0) is 25.3 Å². The smallest absolute Gasteiger partial charge is 0.111 e. The lowest BCUT2D eigenvalue weighted by Gasteiger charge is -2.26. The van der Waals surface area contributed by atoms with E-state index in [1.807, 2.05) is 22.5 Å². The summed E-state index contributed by atoms with van der Waals surface area (Å²) in [6, 6.07) is 2.46. The Morgan fingerprint density at radius 3 is 2.82 bits per heavy atom. The lowest BCUT2D eigenvalue weighted by atomic mass is 9.93. The van der Waals surface area contributed by atoms with E-state index in [4.69, 9.17) is 5.73 Å². The second kappa shape index (κ2) is 3.96. The molecular formula is C11H16N6. The molecule has 0 aromatic carbocycles. The highest BCUT2D eigenvalue weighted by Gasteiger charge is 2.26. The Balaban J connectivity index is 2.12. The van der Waals surface area contributed by atoms with Crippen LogP contribution in [0.1, 0.15) is 31.0 Å². The molecule has 0 aliphatic heterocycles. The highest BCUT2D eigenvalue weighted by Crippen LogP contribution is 2.35. The van der Waals surface area contributed by atoms with E-state index < -0.39 is 0 Å². The quantitative estimate of drug-likeness (QED) is 0.851. The summed E-state index contributed by atoms with van der Waals surface area (Å²) in [6.07, 6.45) is 5.41. The summed E-state index contributed by atoms with van der Waals surface area (Å²) >= 11 is 0. The molecule has 3 rings (SSSR count). The van der Waals surface area contributed by atoms with E-state index in [0.29, 0.717) is 12.6 Å². The summed E-state index contributed by atoms with van der Waals surface area (Å²) in [5.74, 6) is 0. The average Bonchev–Trinajstić information content (AvgIpc) is 2.82. The molecular weight excluding hydrogens is 216 g/mol. The number of aryl methyl sites for hydroxylation is 1. The second-order valence-corrected chi connectivity index (χ2v) is 4.46. The van der Waals surface area contributed by atoms with Crippen LogP contribution in [-0.2, 0) is 13.6 Å². The van der Waals surface area contributed by atoms with Crippen LogP contribution < -0.4 is 5.73 Å². The monoisotopic (exact) mass is 232 g/mol. The van der Waals surface area contributed by atoms with E-state index in [9.17, 15) is 0 Å². The van der Waals surface area contributed by atoms with E-state index in [1.54, 1.807) is 6.20 Å². The molecule has 1 aliphatic rings. The lowest BCUT2D eigenvalue weighted by Crippen LogP contribution is -2.20. The van der Waals surface area contributed by atoms with Gasteiger partial charge >= 0.3 is 0 Å². The van der Waals surface area contributed by atoms with Crippen LogP contribution in [0.25, 0.3) is 11.4 Å². The summed E-state index contributed by atoms with van der Waals surface area (Å²) in [4.78, 5) is 0. The molecule has 0 unspecified atom stereocenters. The van der Waals surface area contributed by atoms with E-state index >= 15 is 0 Å². The van der Waals surface area contributed by atoms with Gasteiger partial charge in [-0.15, -0.1) is 5.10 Å². The first-order chi connectivity index (χ1) is 8.31. The van der Waals surface area contributed by atoms with Crippen molar-refractivity contribution in [3.8, 4) is 11.4 Å². The molecule has 0 saturated heterocycles. The predicted molar refractivity (Wildman–Crippen MR) is 63.0 cm³/mol. The number of nitrogens with two attached hydrogens (primary N) is 1. The van der Waals surface area contributed by atoms with Crippen LogP contribution in [0.2, 0.25) is 0 Å². The third-order valence-electron chi connectivity index (χ3n) is 3.44. The van der Waals surface area contributed by atoms with Gasteiger partial charge in [0.05, 0.1) is 11.7 Å². The molecule has 0 atom stereocenters. The number of hydrogen-bond donors (Lipinski definition) is 1. The molecule has 1 saturated carbocycles. The maximum absolute atomic E-state index is 5.73. The van der Waals surface area contributed by atoms with Crippen LogP contribution in [0.4, 0.5) is 0 Å². The van der Waals surface area contributed by atoms with Crippen LogP contribution in [0, 0.1) is 0 Å². The predicted octanol–water partition coefficient (Wildman–Crippen LogP) is 0.862. The van der Waals surface area contributed by atoms with Crippen molar-refractivity contribution >= 4 is 0 Å². The minimum absolute atomic E-state index is 0.410. The van der Waals surface area contributed by atoms with Gasteiger partial charge in [0.25, 0.3) is 0 Å². The third kappa shape index (κ3) is 1.56. The van der Waals surface area contributed by atoms with Crippen molar-refractivity contribution in [3.63, 3.8) is 0 Å². The fourth-order valence-corrected chi connectivity index (χ4v) is 2.22. The molecule has 90 valence electrons. The van der Waals surface area contributed by atoms with E-state index in [1.165, 1.54) is 19.3 Å². The van der Waals surface area contributed by atoms with Gasteiger partial charge in [0.1, 0.15) is 11.4 Å². The Kier molecular flexibility index (Phi) is 2.44. The first-order valence-electron chi connectivity index (χ1n) is 5.93. The minimum Gasteiger partial charge on any atom is -0.325 e. The largest absolute Gasteiger partial charge is 0.325 e. The minimum atomic E-state index is 0.410. The zero-order valence-corrected chi connectivity index (χ0v) is 9.87. The molecule has 1 fully saturated rings. The molecule has 2 heterocycles. The first-order valence-corrected chi connectivity index (χ1v) is 5.93. The highest BCUT2D eigenvalue weighted by atomic mass is 15.5. The fourth-order valence-electron chi connectivity index (χ4n) is 2.22. The normalized spacial score (nSPS) is 16.1. The van der Waals surface area contributed by atoms with Crippen LogP contribution in [0.15, 0.2) is 12.3 Å². The van der Waals surface area contributed by atoms with Crippen LogP contribution in [-0.4, -0.2) is 24.8 Å². The summed E-state index contributed by atoms with van der Waals surface area (Å²) in [7, 11) is 1.92. The Hall–Kier alpha value is -1.69. The van der Waals surface area contributed by atoms with Gasteiger partial charge in [0.2, 0.25) is 0 Å². The van der Waals surface area contributed by atoms with Gasteiger partial charge in [-0.2, -0.15) is 5.10 Å². The fraction of sp³-hybridized carbons (Fsp3) is 0.545. The lowest BCUT2D eigenvalue weighted by molar-refractivity contribution is 0.287. The van der Waals surface area contributed by atoms with Crippen molar-refractivity contribution in [2.45, 2.75) is 31.8 Å². The molecule has 2 aromatic rings. The Morgan fingerprint density at radius 1 is 1.47 bits per heavy atom. The van der Waals surface area contributed by atoms with Crippen molar-refractivity contribution in [1.82, 2.24) is 24.8 Å². The van der Waals surface area contributed by atoms with Gasteiger partial charge in [-0.3, -0.25) is 4.68 Å². The van der Waals surface area contributed by atoms with Crippen LogP contribution in [0.5, 0.6) is 0 Å². The van der Waals surface area contributed by atoms with Gasteiger partial charge in [0.15, 0.2) is 0 Å². The van der Waals surface area contributed by atoms with E-state index in [0.717, 1.165) is 17.1 Å². The number of nitrogens with zero attached hydrogens (tertiary/aromatic N) is 5. The molecule has 2 aromatic heterocycles. The van der Waals surface area contributed by atoms with Crippen molar-refractivity contribution in [1.29, 1.82) is 0 Å². The topological polar surface area (TPSA) is 74.6 Å². The molecule has 0 bridgehead atoms. The standard InChI is InChI=1S/C11H16N6/c1-16-10(5-6-13-16)11-9(7-12)14-15-17(11)8-3-2-4-8/h5-6,8H,2-4,7,12H2,1H3. The van der Waals surface area contributed by atoms with Gasteiger partial charge in [-0.1, -0.05) is 5.21 Å². The Morgan fingerprint density at radius 2 is 2.29 bits per heavy atom. The van der Waals surface area contributed by atoms with Crippen molar-refractivity contribution in [3.05, 3.63) is 18.0 Å². The van der Waals surface area contributed by atoms with Gasteiger partial charge < -0.3 is 5.73 Å². The van der Waals surface area contributed by atoms with Crippen molar-refractivity contribution in [2.75, 3.05) is 0 Å². The summed E-state index contributed by atoms with van der Waals surface area (Å²) in [5.41, 5.74) is 8.64. The molecule has 0 amide bonds. The van der Waals surface area contributed by atoms with E-state index in [2.05, 4.69) is 15.4 Å². The SMILES string of the molecule is Cn1nccc1-c1c(CN)nnn1C1CCC1. The van der Waals surface area contributed by atoms with Gasteiger partial charge in [-0.25, -0.2) is 4.68 Å². The molecule has 6 heteroatoms. The zero-order valence-electron chi connectivity index (χ0n) is 9.87. The van der Waals surface area contributed by atoms with Gasteiger partial charge in [0, 0.05) is 19.8 Å². The average molecular weight is 232 g/mol. The zero-order chi connectivity index (χ0) is 11.8. The number of rotatable bonds is 3. The Bertz CT molecular complexity index is 522. The van der Waals surface area contributed by atoms with Crippen LogP contribution in [0.3, 0.4) is 0 Å². The molecule has 2 N–H and O–H groups in total. The maximum atomic E-state index is 5.73. The summed E-state index contributed by atoms with van der Waals surface area (Å²) in [5, 5.41) is 12.6. The third-order valence-corrected chi connectivity index (χ3v) is 3.44. The molecule has 1 aliphatic carbocycles. The molecule has 0 radical (unpaired) electrons. The van der Waals surface area contributed by atoms with Crippen molar-refractivity contribution in [2.24, 2.45) is 12.8 Å². The summed E-state index contributed by atoms with van der Waals surface area (Å²) < 4.78 is 3.86. The second-order valence-electron chi connectivity index (χ2n) is 4.46. The maximum Gasteiger partial charge on any atom is 0.111 e. The van der Waals surface area contributed by atoms with Crippen molar-refractivity contribution < 1.29 is 0 Å². The molecule has 6 nitrogen and oxygen atoms in total. The summed E-state index contributed by atoms with van der Waals surface area (Å²) in [6.45, 7) is 0.410. The molecule has 0 spiro atoms. The van der Waals surface area contributed by atoms with Crippen LogP contribution >= 0.6 is 0 Å². The molecule has 17 heavy (non-hydrogen) atoms.